The highest BCUT2D eigenvalue weighted by Crippen LogP contribution is 2.31. The zero-order valence-corrected chi connectivity index (χ0v) is 20.7. The summed E-state index contributed by atoms with van der Waals surface area (Å²) in [5.41, 5.74) is 2.33. The molecule has 1 aromatic heterocycles. The number of nitrogens with two attached hydrogens (primary N) is 1. The lowest BCUT2D eigenvalue weighted by molar-refractivity contribution is 0.110. The molecule has 0 aliphatic heterocycles. The summed E-state index contributed by atoms with van der Waals surface area (Å²) in [5, 5.41) is 25.6. The van der Waals surface area contributed by atoms with Gasteiger partial charge in [-0.25, -0.2) is 18.2 Å². The maximum atomic E-state index is 12.7. The fourth-order valence-electron chi connectivity index (χ4n) is 3.91. The molecular weight excluding hydrogens is 511 g/mol. The van der Waals surface area contributed by atoms with Gasteiger partial charge in [0.15, 0.2) is 0 Å². The number of halogens is 2. The Balaban J connectivity index is 1.56. The lowest BCUT2D eigenvalue weighted by atomic mass is 9.93. The minimum absolute atomic E-state index is 0.0648. The molecule has 0 aliphatic rings. The highest BCUT2D eigenvalue weighted by atomic mass is 35.5. The molecule has 3 N–H and O–H groups in total. The summed E-state index contributed by atoms with van der Waals surface area (Å²) >= 11 is 12.1. The van der Waals surface area contributed by atoms with Crippen LogP contribution < -0.4 is 10.7 Å². The predicted molar refractivity (Wildman–Crippen MR) is 137 cm³/mol. The van der Waals surface area contributed by atoms with E-state index < -0.39 is 27.8 Å². The predicted octanol–water partition coefficient (Wildman–Crippen LogP) is 3.79. The fourth-order valence-corrected chi connectivity index (χ4v) is 5.15. The van der Waals surface area contributed by atoms with Crippen molar-refractivity contribution < 1.29 is 13.5 Å². The quantitative estimate of drug-likeness (QED) is 0.355. The van der Waals surface area contributed by atoms with E-state index in [1.165, 1.54) is 4.68 Å². The van der Waals surface area contributed by atoms with Crippen molar-refractivity contribution in [1.29, 1.82) is 0 Å². The number of nitrogens with zero attached hydrogens (tertiary/aromatic N) is 3. The van der Waals surface area contributed by atoms with Crippen LogP contribution in [0.4, 0.5) is 0 Å². The van der Waals surface area contributed by atoms with Crippen molar-refractivity contribution in [2.75, 3.05) is 5.75 Å². The van der Waals surface area contributed by atoms with E-state index in [2.05, 4.69) is 10.3 Å². The zero-order chi connectivity index (χ0) is 25.2. The van der Waals surface area contributed by atoms with E-state index in [-0.39, 0.29) is 18.5 Å². The lowest BCUT2D eigenvalue weighted by Gasteiger charge is -2.23. The summed E-state index contributed by atoms with van der Waals surface area (Å²) in [6.45, 7) is 0.0648. The minimum Gasteiger partial charge on any atom is -0.388 e. The van der Waals surface area contributed by atoms with Gasteiger partial charge in [0.1, 0.15) is 5.52 Å². The Hall–Kier alpha value is -2.82. The van der Waals surface area contributed by atoms with Crippen LogP contribution in [0, 0.1) is 5.92 Å². The Morgan fingerprint density at radius 2 is 1.66 bits per heavy atom. The highest BCUT2D eigenvalue weighted by Gasteiger charge is 2.26. The van der Waals surface area contributed by atoms with Crippen LogP contribution in [-0.4, -0.2) is 34.3 Å². The third-order valence-corrected chi connectivity index (χ3v) is 7.37. The smallest absolute Gasteiger partial charge is 0.277 e. The Kier molecular flexibility index (Phi) is 7.53. The molecule has 4 aromatic rings. The van der Waals surface area contributed by atoms with E-state index in [0.29, 0.717) is 26.5 Å². The number of benzene rings is 3. The van der Waals surface area contributed by atoms with Crippen LogP contribution >= 0.6 is 23.2 Å². The van der Waals surface area contributed by atoms with Crippen LogP contribution in [0.25, 0.3) is 22.0 Å². The van der Waals surface area contributed by atoms with Crippen molar-refractivity contribution in [2.24, 2.45) is 11.1 Å². The molecule has 8 nitrogen and oxygen atoms in total. The first-order valence-electron chi connectivity index (χ1n) is 10.7. The largest absolute Gasteiger partial charge is 0.388 e. The Bertz CT molecular complexity index is 1530. The van der Waals surface area contributed by atoms with Crippen LogP contribution in [0.5, 0.6) is 0 Å². The molecule has 0 aliphatic carbocycles. The second-order valence-electron chi connectivity index (χ2n) is 8.21. The third kappa shape index (κ3) is 6.06. The molecule has 4 rings (SSSR count). The SMILES string of the molecule is NS(=O)(=O)CC(CCn1nnc2ccccc2c1=O)C(O)c1ccc(-c2ccc(Cl)c(Cl)c2)cc1. The molecule has 11 heteroatoms. The maximum Gasteiger partial charge on any atom is 0.277 e. The summed E-state index contributed by atoms with van der Waals surface area (Å²) < 4.78 is 24.9. The third-order valence-electron chi connectivity index (χ3n) is 5.74. The number of hydrogen-bond donors (Lipinski definition) is 2. The van der Waals surface area contributed by atoms with Crippen LogP contribution in [0.3, 0.4) is 0 Å². The number of primary sulfonamides is 1. The number of aliphatic hydroxyl groups is 1. The molecule has 2 atom stereocenters. The van der Waals surface area contributed by atoms with E-state index >= 15 is 0 Å². The molecule has 0 amide bonds. The van der Waals surface area contributed by atoms with Crippen molar-refractivity contribution in [3.63, 3.8) is 0 Å². The van der Waals surface area contributed by atoms with Gasteiger partial charge in [-0.15, -0.1) is 5.10 Å². The first-order chi connectivity index (χ1) is 16.6. The maximum absolute atomic E-state index is 12.7. The molecule has 0 spiro atoms. The summed E-state index contributed by atoms with van der Waals surface area (Å²) in [5.74, 6) is -1.24. The van der Waals surface area contributed by atoms with E-state index in [1.807, 2.05) is 6.07 Å². The van der Waals surface area contributed by atoms with Gasteiger partial charge in [-0.3, -0.25) is 4.79 Å². The number of aromatic nitrogens is 3. The number of fused-ring (bicyclic) bond motifs is 1. The number of aryl methyl sites for hydroxylation is 1. The zero-order valence-electron chi connectivity index (χ0n) is 18.4. The van der Waals surface area contributed by atoms with Gasteiger partial charge in [-0.2, -0.15) is 0 Å². The van der Waals surface area contributed by atoms with Crippen molar-refractivity contribution in [1.82, 2.24) is 15.0 Å². The summed E-state index contributed by atoms with van der Waals surface area (Å²) in [6.07, 6.45) is -1.00. The normalized spacial score (nSPS) is 13.6. The summed E-state index contributed by atoms with van der Waals surface area (Å²) in [7, 11) is -3.90. The fraction of sp³-hybridized carbons (Fsp3) is 0.208. The Morgan fingerprint density at radius 3 is 2.34 bits per heavy atom. The van der Waals surface area contributed by atoms with Crippen LogP contribution in [0.1, 0.15) is 18.1 Å². The van der Waals surface area contributed by atoms with Crippen molar-refractivity contribution in [3.8, 4) is 11.1 Å². The molecule has 1 heterocycles. The Morgan fingerprint density at radius 1 is 0.971 bits per heavy atom. The topological polar surface area (TPSA) is 128 Å². The van der Waals surface area contributed by atoms with Crippen LogP contribution in [-0.2, 0) is 16.6 Å². The number of aliphatic hydroxyl groups excluding tert-OH is 1. The Labute approximate surface area is 212 Å². The molecule has 0 radical (unpaired) electrons. The second-order valence-corrected chi connectivity index (χ2v) is 10.7. The van der Waals surface area contributed by atoms with Crippen LogP contribution in [0.2, 0.25) is 10.0 Å². The first kappa shape index (κ1) is 25.3. The van der Waals surface area contributed by atoms with Gasteiger partial charge in [0.05, 0.1) is 27.3 Å². The van der Waals surface area contributed by atoms with Crippen LogP contribution in [0.15, 0.2) is 71.5 Å². The number of sulfonamides is 1. The van der Waals surface area contributed by atoms with Gasteiger partial charge < -0.3 is 5.11 Å². The first-order valence-corrected chi connectivity index (χ1v) is 13.2. The highest BCUT2D eigenvalue weighted by molar-refractivity contribution is 7.89. The van der Waals surface area contributed by atoms with Crippen molar-refractivity contribution >= 4 is 44.1 Å². The molecule has 3 aromatic carbocycles. The standard InChI is InChI=1S/C24H22Cl2N4O4S/c25-20-10-9-17(13-21(20)26)15-5-7-16(8-6-15)23(31)18(14-35(27,33)34)11-12-30-24(32)19-3-1-2-4-22(19)28-29-30/h1-10,13,18,23,31H,11-12,14H2,(H2,27,33,34). The molecule has 182 valence electrons. The minimum atomic E-state index is -3.90. The molecule has 0 bridgehead atoms. The van der Waals surface area contributed by atoms with Gasteiger partial charge in [0.2, 0.25) is 10.0 Å². The number of hydrogen-bond acceptors (Lipinski definition) is 6. The molecule has 2 unspecified atom stereocenters. The number of rotatable bonds is 8. The second kappa shape index (κ2) is 10.4. The molecule has 0 fully saturated rings. The van der Waals surface area contributed by atoms with E-state index in [4.69, 9.17) is 28.3 Å². The van der Waals surface area contributed by atoms with Gasteiger partial charge >= 0.3 is 0 Å². The summed E-state index contributed by atoms with van der Waals surface area (Å²) in [4.78, 5) is 12.7. The van der Waals surface area contributed by atoms with Crippen molar-refractivity contribution in [2.45, 2.75) is 19.1 Å². The average Bonchev–Trinajstić information content (AvgIpc) is 2.83. The van der Waals surface area contributed by atoms with Gasteiger partial charge in [0, 0.05) is 12.5 Å². The monoisotopic (exact) mass is 532 g/mol. The molecule has 35 heavy (non-hydrogen) atoms. The molecule has 0 saturated heterocycles. The van der Waals surface area contributed by atoms with Gasteiger partial charge in [-0.05, 0) is 47.4 Å². The lowest BCUT2D eigenvalue weighted by Crippen LogP contribution is -2.31. The average molecular weight is 533 g/mol. The molecular formula is C24H22Cl2N4O4S. The van der Waals surface area contributed by atoms with Crippen molar-refractivity contribution in [3.05, 3.63) is 92.7 Å². The van der Waals surface area contributed by atoms with Gasteiger partial charge in [-0.1, -0.05) is 70.9 Å². The van der Waals surface area contributed by atoms with E-state index in [1.54, 1.807) is 60.7 Å². The van der Waals surface area contributed by atoms with E-state index in [9.17, 15) is 18.3 Å². The summed E-state index contributed by atoms with van der Waals surface area (Å²) in [6, 6.07) is 19.1. The van der Waals surface area contributed by atoms with Gasteiger partial charge in [0.25, 0.3) is 5.56 Å². The molecule has 0 saturated carbocycles. The van der Waals surface area contributed by atoms with E-state index in [0.717, 1.165) is 11.1 Å².